The second-order valence-electron chi connectivity index (χ2n) is 8.80. The quantitative estimate of drug-likeness (QED) is 0.667. The molecule has 2 fully saturated rings. The summed E-state index contributed by atoms with van der Waals surface area (Å²) >= 11 is 0. The van der Waals surface area contributed by atoms with Crippen LogP contribution >= 0.6 is 0 Å². The number of piperidine rings is 1. The molecule has 33 heavy (non-hydrogen) atoms. The number of fused-ring (bicyclic) bond motifs is 3. The van der Waals surface area contributed by atoms with Gasteiger partial charge in [-0.15, -0.1) is 0 Å². The predicted octanol–water partition coefficient (Wildman–Crippen LogP) is 3.65. The lowest BCUT2D eigenvalue weighted by Crippen LogP contribution is -2.68. The Labute approximate surface area is 191 Å². The van der Waals surface area contributed by atoms with Crippen LogP contribution in [0, 0.1) is 0 Å². The molecular formula is C26H25N3O4. The highest BCUT2D eigenvalue weighted by Gasteiger charge is 2.47. The maximum absolute atomic E-state index is 13.7. The molecule has 2 saturated heterocycles. The van der Waals surface area contributed by atoms with Crippen molar-refractivity contribution in [2.45, 2.75) is 38.0 Å². The number of nitrogens with one attached hydrogen (secondary N) is 1. The highest BCUT2D eigenvalue weighted by molar-refractivity contribution is 6.00. The summed E-state index contributed by atoms with van der Waals surface area (Å²) in [6, 6.07) is 19.2. The molecule has 2 unspecified atom stereocenters. The highest BCUT2D eigenvalue weighted by atomic mass is 16.7. The third-order valence-corrected chi connectivity index (χ3v) is 6.83. The van der Waals surface area contributed by atoms with Crippen LogP contribution in [-0.2, 0) is 17.9 Å². The van der Waals surface area contributed by atoms with Crippen molar-refractivity contribution in [3.63, 3.8) is 0 Å². The molecule has 0 spiro atoms. The van der Waals surface area contributed by atoms with Crippen LogP contribution < -0.4 is 14.8 Å². The zero-order chi connectivity index (χ0) is 22.4. The number of hydrogen-bond donors (Lipinski definition) is 1. The minimum Gasteiger partial charge on any atom is -0.454 e. The first kappa shape index (κ1) is 20.1. The molecule has 0 aliphatic carbocycles. The number of benzene rings is 3. The molecule has 0 saturated carbocycles. The van der Waals surface area contributed by atoms with E-state index in [1.807, 2.05) is 41.3 Å². The minimum atomic E-state index is -0.388. The van der Waals surface area contributed by atoms with E-state index in [0.29, 0.717) is 18.0 Å². The summed E-state index contributed by atoms with van der Waals surface area (Å²) in [5, 5.41) is 5.65. The molecule has 2 atom stereocenters. The van der Waals surface area contributed by atoms with Gasteiger partial charge in [-0.3, -0.25) is 9.69 Å². The number of ether oxygens (including phenoxy) is 2. The molecule has 3 amide bonds. The Bertz CT molecular complexity index is 1240. The first-order chi connectivity index (χ1) is 16.2. The Morgan fingerprint density at radius 2 is 1.79 bits per heavy atom. The lowest BCUT2D eigenvalue weighted by molar-refractivity contribution is -0.137. The third kappa shape index (κ3) is 3.49. The first-order valence-electron chi connectivity index (χ1n) is 11.4. The molecule has 7 nitrogen and oxygen atoms in total. The Kier molecular flexibility index (Phi) is 4.91. The Balaban J connectivity index is 1.33. The van der Waals surface area contributed by atoms with E-state index in [2.05, 4.69) is 29.6 Å². The van der Waals surface area contributed by atoms with Gasteiger partial charge in [0.15, 0.2) is 11.5 Å². The molecule has 0 aromatic heterocycles. The summed E-state index contributed by atoms with van der Waals surface area (Å²) in [5.41, 5.74) is 1.92. The molecule has 3 aromatic rings. The van der Waals surface area contributed by atoms with Crippen LogP contribution in [0.15, 0.2) is 60.7 Å². The molecule has 0 bridgehead atoms. The number of urea groups is 1. The van der Waals surface area contributed by atoms with Crippen LogP contribution in [0.1, 0.15) is 24.0 Å². The molecule has 3 heterocycles. The van der Waals surface area contributed by atoms with E-state index in [-0.39, 0.29) is 37.4 Å². The zero-order valence-electron chi connectivity index (χ0n) is 18.2. The molecule has 6 rings (SSSR count). The number of amides is 3. The van der Waals surface area contributed by atoms with Gasteiger partial charge in [0, 0.05) is 6.54 Å². The zero-order valence-corrected chi connectivity index (χ0v) is 18.2. The van der Waals surface area contributed by atoms with Gasteiger partial charge in [-0.25, -0.2) is 4.79 Å². The molecular weight excluding hydrogens is 418 g/mol. The van der Waals surface area contributed by atoms with Gasteiger partial charge in [0.2, 0.25) is 12.7 Å². The number of carbonyl (C=O) groups is 2. The summed E-state index contributed by atoms with van der Waals surface area (Å²) in [6.07, 6.45) is 1.76. The van der Waals surface area contributed by atoms with Gasteiger partial charge >= 0.3 is 6.03 Å². The van der Waals surface area contributed by atoms with Crippen molar-refractivity contribution in [3.05, 3.63) is 71.8 Å². The topological polar surface area (TPSA) is 71.1 Å². The van der Waals surface area contributed by atoms with E-state index in [4.69, 9.17) is 9.47 Å². The van der Waals surface area contributed by atoms with E-state index in [9.17, 15) is 9.59 Å². The Morgan fingerprint density at radius 3 is 2.73 bits per heavy atom. The van der Waals surface area contributed by atoms with Crippen molar-refractivity contribution in [1.82, 2.24) is 15.1 Å². The molecule has 3 aromatic carbocycles. The van der Waals surface area contributed by atoms with Crippen molar-refractivity contribution in [1.29, 1.82) is 0 Å². The van der Waals surface area contributed by atoms with Crippen LogP contribution in [0.25, 0.3) is 10.8 Å². The monoisotopic (exact) mass is 443 g/mol. The van der Waals surface area contributed by atoms with Gasteiger partial charge in [-0.1, -0.05) is 48.5 Å². The van der Waals surface area contributed by atoms with Crippen LogP contribution in [0.4, 0.5) is 4.79 Å². The van der Waals surface area contributed by atoms with E-state index in [1.54, 1.807) is 0 Å². The Morgan fingerprint density at radius 1 is 0.939 bits per heavy atom. The standard InChI is InChI=1S/C26H25N3O4/c30-25-24-21(9-4-12-27-24)28(15-19-7-3-6-18-5-1-2-8-20(18)19)26(31)29(25)14-17-10-11-22-23(13-17)33-16-32-22/h1-3,5-8,10-11,13,21,24,27H,4,9,12,14-16H2. The van der Waals surface area contributed by atoms with Crippen LogP contribution in [0.5, 0.6) is 11.5 Å². The van der Waals surface area contributed by atoms with E-state index in [1.165, 1.54) is 4.90 Å². The Hall–Kier alpha value is -3.58. The van der Waals surface area contributed by atoms with Crippen LogP contribution in [-0.4, -0.2) is 47.2 Å². The van der Waals surface area contributed by atoms with E-state index in [0.717, 1.165) is 41.3 Å². The van der Waals surface area contributed by atoms with Gasteiger partial charge in [-0.2, -0.15) is 0 Å². The smallest absolute Gasteiger partial charge is 0.327 e. The van der Waals surface area contributed by atoms with Gasteiger partial charge in [0.25, 0.3) is 0 Å². The van der Waals surface area contributed by atoms with Gasteiger partial charge in [-0.05, 0) is 53.4 Å². The summed E-state index contributed by atoms with van der Waals surface area (Å²) in [7, 11) is 0. The largest absolute Gasteiger partial charge is 0.454 e. The SMILES string of the molecule is O=C1C2NCCCC2N(Cc2cccc3ccccc23)C(=O)N1Cc1ccc2c(c1)OCO2. The molecule has 168 valence electrons. The molecule has 3 aliphatic rings. The fraction of sp³-hybridized carbons (Fsp3) is 0.308. The molecule has 7 heteroatoms. The minimum absolute atomic E-state index is 0.147. The van der Waals surface area contributed by atoms with Gasteiger partial charge < -0.3 is 19.7 Å². The van der Waals surface area contributed by atoms with Crippen molar-refractivity contribution < 1.29 is 19.1 Å². The highest BCUT2D eigenvalue weighted by Crippen LogP contribution is 2.34. The van der Waals surface area contributed by atoms with Crippen molar-refractivity contribution >= 4 is 22.7 Å². The first-order valence-corrected chi connectivity index (χ1v) is 11.4. The fourth-order valence-corrected chi connectivity index (χ4v) is 5.18. The molecule has 3 aliphatic heterocycles. The van der Waals surface area contributed by atoms with Crippen molar-refractivity contribution in [2.24, 2.45) is 0 Å². The molecule has 0 radical (unpaired) electrons. The summed E-state index contributed by atoms with van der Waals surface area (Å²) in [6.45, 7) is 1.63. The second kappa shape index (κ2) is 8.08. The van der Waals surface area contributed by atoms with Crippen molar-refractivity contribution in [3.8, 4) is 11.5 Å². The van der Waals surface area contributed by atoms with Crippen LogP contribution in [0.3, 0.4) is 0 Å². The fourth-order valence-electron chi connectivity index (χ4n) is 5.18. The maximum Gasteiger partial charge on any atom is 0.327 e. The lowest BCUT2D eigenvalue weighted by Gasteiger charge is -2.47. The average molecular weight is 444 g/mol. The van der Waals surface area contributed by atoms with E-state index >= 15 is 0 Å². The number of carbonyl (C=O) groups excluding carboxylic acids is 2. The number of rotatable bonds is 4. The lowest BCUT2D eigenvalue weighted by atomic mass is 9.92. The summed E-state index contributed by atoms with van der Waals surface area (Å²) < 4.78 is 10.9. The van der Waals surface area contributed by atoms with Crippen LogP contribution in [0.2, 0.25) is 0 Å². The second-order valence-corrected chi connectivity index (χ2v) is 8.80. The number of hydrogen-bond acceptors (Lipinski definition) is 5. The normalized spacial score (nSPS) is 22.1. The summed E-state index contributed by atoms with van der Waals surface area (Å²) in [4.78, 5) is 30.4. The maximum atomic E-state index is 13.7. The summed E-state index contributed by atoms with van der Waals surface area (Å²) in [5.74, 6) is 1.17. The number of imide groups is 1. The molecule has 1 N–H and O–H groups in total. The van der Waals surface area contributed by atoms with Crippen molar-refractivity contribution in [2.75, 3.05) is 13.3 Å². The van der Waals surface area contributed by atoms with E-state index < -0.39 is 0 Å². The predicted molar refractivity (Wildman–Crippen MR) is 123 cm³/mol. The van der Waals surface area contributed by atoms with Gasteiger partial charge in [0.05, 0.1) is 12.6 Å². The average Bonchev–Trinajstić information content (AvgIpc) is 3.32. The third-order valence-electron chi connectivity index (χ3n) is 6.83. The number of nitrogens with zero attached hydrogens (tertiary/aromatic N) is 2. The van der Waals surface area contributed by atoms with Gasteiger partial charge in [0.1, 0.15) is 6.04 Å².